The minimum absolute atomic E-state index is 0.0726. The molecule has 0 unspecified atom stereocenters. The quantitative estimate of drug-likeness (QED) is 0.744. The van der Waals surface area contributed by atoms with Crippen molar-refractivity contribution in [3.8, 4) is 11.7 Å². The van der Waals surface area contributed by atoms with Crippen LogP contribution in [-0.4, -0.2) is 21.0 Å². The monoisotopic (exact) mass is 244 g/mol. The number of para-hydroxylation sites is 1. The topological polar surface area (TPSA) is 89.4 Å². The first-order valence-corrected chi connectivity index (χ1v) is 5.20. The second-order valence-corrected chi connectivity index (χ2v) is 3.74. The number of fused-ring (bicyclic) bond motifs is 1. The second kappa shape index (κ2) is 3.69. The van der Waals surface area contributed by atoms with Gasteiger partial charge in [0.1, 0.15) is 11.1 Å². The number of rotatable bonds is 2. The Hall–Kier alpha value is -2.63. The maximum absolute atomic E-state index is 11.1. The molecule has 90 valence electrons. The lowest BCUT2D eigenvalue weighted by Gasteiger charge is -1.92. The first-order valence-electron chi connectivity index (χ1n) is 5.20. The fraction of sp³-hybridized carbons (Fsp3) is 0.0833. The summed E-state index contributed by atoms with van der Waals surface area (Å²) in [6, 6.07) is 4.76. The van der Waals surface area contributed by atoms with Gasteiger partial charge >= 0.3 is 5.97 Å². The molecule has 0 amide bonds. The molecular weight excluding hydrogens is 236 g/mol. The minimum Gasteiger partial charge on any atom is -0.478 e. The lowest BCUT2D eigenvalue weighted by molar-refractivity contribution is 0.0698. The number of benzene rings is 1. The van der Waals surface area contributed by atoms with Crippen molar-refractivity contribution >= 4 is 17.1 Å². The lowest BCUT2D eigenvalue weighted by atomic mass is 10.2. The number of carboxylic acid groups (broad SMARTS) is 1. The number of aromatic carboxylic acids is 1. The zero-order valence-corrected chi connectivity index (χ0v) is 9.38. The Kier molecular flexibility index (Phi) is 2.16. The van der Waals surface area contributed by atoms with Gasteiger partial charge in [0.15, 0.2) is 12.0 Å². The van der Waals surface area contributed by atoms with Crippen LogP contribution < -0.4 is 0 Å². The molecule has 18 heavy (non-hydrogen) atoms. The van der Waals surface area contributed by atoms with E-state index in [0.29, 0.717) is 17.0 Å². The maximum atomic E-state index is 11.1. The van der Waals surface area contributed by atoms with Crippen LogP contribution in [0, 0.1) is 6.92 Å². The van der Waals surface area contributed by atoms with E-state index in [1.54, 1.807) is 19.1 Å². The molecule has 6 heteroatoms. The zero-order valence-electron chi connectivity index (χ0n) is 9.38. The number of nitrogens with zero attached hydrogens (tertiary/aromatic N) is 2. The van der Waals surface area contributed by atoms with Crippen molar-refractivity contribution in [1.82, 2.24) is 9.97 Å². The summed E-state index contributed by atoms with van der Waals surface area (Å²) in [7, 11) is 0. The molecule has 2 heterocycles. The maximum Gasteiger partial charge on any atom is 0.339 e. The van der Waals surface area contributed by atoms with Gasteiger partial charge in [-0.2, -0.15) is 0 Å². The number of aromatic nitrogens is 2. The molecule has 0 aliphatic rings. The zero-order chi connectivity index (χ0) is 12.7. The molecule has 0 fully saturated rings. The van der Waals surface area contributed by atoms with E-state index in [4.69, 9.17) is 13.9 Å². The van der Waals surface area contributed by atoms with Crippen LogP contribution in [0.2, 0.25) is 0 Å². The third kappa shape index (κ3) is 1.46. The van der Waals surface area contributed by atoms with Crippen LogP contribution in [0.1, 0.15) is 16.1 Å². The second-order valence-electron chi connectivity index (χ2n) is 3.74. The summed E-state index contributed by atoms with van der Waals surface area (Å²) in [4.78, 5) is 19.2. The van der Waals surface area contributed by atoms with Gasteiger partial charge < -0.3 is 13.9 Å². The molecule has 3 aromatic rings. The highest BCUT2D eigenvalue weighted by atomic mass is 16.4. The fourth-order valence-electron chi connectivity index (χ4n) is 1.72. The highest BCUT2D eigenvalue weighted by Gasteiger charge is 2.18. The van der Waals surface area contributed by atoms with Gasteiger partial charge in [0.05, 0.1) is 5.69 Å². The van der Waals surface area contributed by atoms with Gasteiger partial charge in [-0.15, -0.1) is 0 Å². The van der Waals surface area contributed by atoms with Crippen molar-refractivity contribution < 1.29 is 18.7 Å². The molecule has 0 aliphatic carbocycles. The molecule has 0 saturated carbocycles. The molecular formula is C12H8N2O4. The Morgan fingerprint density at radius 2 is 2.22 bits per heavy atom. The van der Waals surface area contributed by atoms with Crippen molar-refractivity contribution in [2.75, 3.05) is 0 Å². The molecule has 0 bridgehead atoms. The first kappa shape index (κ1) is 10.5. The van der Waals surface area contributed by atoms with Crippen LogP contribution >= 0.6 is 0 Å². The molecule has 1 aromatic carbocycles. The van der Waals surface area contributed by atoms with Crippen molar-refractivity contribution in [2.45, 2.75) is 6.92 Å². The Bertz CT molecular complexity index is 741. The van der Waals surface area contributed by atoms with Gasteiger partial charge in [0.25, 0.3) is 5.89 Å². The smallest absolute Gasteiger partial charge is 0.339 e. The van der Waals surface area contributed by atoms with Gasteiger partial charge in [-0.25, -0.2) is 14.8 Å². The van der Waals surface area contributed by atoms with E-state index in [9.17, 15) is 4.79 Å². The minimum atomic E-state index is -1.06. The average Bonchev–Trinajstić information content (AvgIpc) is 2.92. The number of carboxylic acids is 1. The number of carbonyl (C=O) groups is 1. The molecule has 0 aliphatic heterocycles. The number of hydrogen-bond donors (Lipinski definition) is 1. The average molecular weight is 244 g/mol. The predicted molar refractivity (Wildman–Crippen MR) is 61.2 cm³/mol. The molecule has 3 rings (SSSR count). The van der Waals surface area contributed by atoms with Crippen LogP contribution in [0.4, 0.5) is 0 Å². The molecule has 0 radical (unpaired) electrons. The predicted octanol–water partition coefficient (Wildman–Crippen LogP) is 2.49. The van der Waals surface area contributed by atoms with E-state index in [2.05, 4.69) is 9.97 Å². The summed E-state index contributed by atoms with van der Waals surface area (Å²) >= 11 is 0. The number of aryl methyl sites for hydroxylation is 1. The van der Waals surface area contributed by atoms with Crippen LogP contribution in [0.15, 0.2) is 33.4 Å². The fourth-order valence-corrected chi connectivity index (χ4v) is 1.72. The van der Waals surface area contributed by atoms with Crippen molar-refractivity contribution in [2.24, 2.45) is 0 Å². The van der Waals surface area contributed by atoms with E-state index >= 15 is 0 Å². The molecule has 0 saturated heterocycles. The molecule has 1 N–H and O–H groups in total. The standard InChI is InChI=1S/C12H8N2O4/c1-6-9(17-5-13-6)11-14-8-4-2-3-7(12(15)16)10(8)18-11/h2-5H,1H3,(H,15,16). The summed E-state index contributed by atoms with van der Waals surface area (Å²) in [6.07, 6.45) is 1.29. The SMILES string of the molecule is Cc1ncoc1-c1nc2cccc(C(=O)O)c2o1. The highest BCUT2D eigenvalue weighted by molar-refractivity contribution is 6.00. The van der Waals surface area contributed by atoms with E-state index in [1.165, 1.54) is 12.5 Å². The highest BCUT2D eigenvalue weighted by Crippen LogP contribution is 2.28. The van der Waals surface area contributed by atoms with Crippen LogP contribution in [0.3, 0.4) is 0 Å². The normalized spacial score (nSPS) is 10.9. The van der Waals surface area contributed by atoms with E-state index < -0.39 is 5.97 Å². The van der Waals surface area contributed by atoms with Gasteiger partial charge in [0, 0.05) is 0 Å². The molecule has 6 nitrogen and oxygen atoms in total. The third-order valence-electron chi connectivity index (χ3n) is 2.59. The number of hydrogen-bond acceptors (Lipinski definition) is 5. The van der Waals surface area contributed by atoms with Gasteiger partial charge in [0.2, 0.25) is 5.76 Å². The van der Waals surface area contributed by atoms with Gasteiger partial charge in [-0.3, -0.25) is 0 Å². The summed E-state index contributed by atoms with van der Waals surface area (Å²) in [5.41, 5.74) is 1.42. The Morgan fingerprint density at radius 3 is 2.89 bits per heavy atom. The first-order chi connectivity index (χ1) is 8.66. The Balaban J connectivity index is 2.26. The lowest BCUT2D eigenvalue weighted by Crippen LogP contribution is -1.95. The van der Waals surface area contributed by atoms with E-state index in [0.717, 1.165) is 0 Å². The van der Waals surface area contributed by atoms with Crippen LogP contribution in [0.5, 0.6) is 0 Å². The molecule has 0 atom stereocenters. The van der Waals surface area contributed by atoms with Gasteiger partial charge in [-0.05, 0) is 19.1 Å². The molecule has 0 spiro atoms. The Morgan fingerprint density at radius 1 is 1.39 bits per heavy atom. The summed E-state index contributed by atoms with van der Waals surface area (Å²) in [5.74, 6) is -0.422. The van der Waals surface area contributed by atoms with E-state index in [-0.39, 0.29) is 17.0 Å². The van der Waals surface area contributed by atoms with Crippen LogP contribution in [0.25, 0.3) is 22.8 Å². The molecule has 2 aromatic heterocycles. The summed E-state index contributed by atoms with van der Waals surface area (Å²) in [6.45, 7) is 1.76. The van der Waals surface area contributed by atoms with Crippen molar-refractivity contribution in [3.05, 3.63) is 35.9 Å². The van der Waals surface area contributed by atoms with Crippen molar-refractivity contribution in [1.29, 1.82) is 0 Å². The summed E-state index contributed by atoms with van der Waals surface area (Å²) < 4.78 is 10.6. The third-order valence-corrected chi connectivity index (χ3v) is 2.59. The largest absolute Gasteiger partial charge is 0.478 e. The van der Waals surface area contributed by atoms with Crippen molar-refractivity contribution in [3.63, 3.8) is 0 Å². The Labute approximate surface area is 101 Å². The van der Waals surface area contributed by atoms with Gasteiger partial charge in [-0.1, -0.05) is 6.07 Å². The summed E-state index contributed by atoms with van der Waals surface area (Å²) in [5, 5.41) is 9.05. The van der Waals surface area contributed by atoms with E-state index in [1.807, 2.05) is 0 Å². The van der Waals surface area contributed by atoms with Crippen LogP contribution in [-0.2, 0) is 0 Å². The number of oxazole rings is 2.